The molecule has 2 heterocycles. The molecule has 0 radical (unpaired) electrons. The first-order valence-electron chi connectivity index (χ1n) is 11.4. The molecule has 11 heteroatoms. The average molecular weight is 509 g/mol. The van der Waals surface area contributed by atoms with E-state index in [1.807, 2.05) is 6.07 Å². The molecule has 36 heavy (non-hydrogen) atoms. The van der Waals surface area contributed by atoms with Crippen molar-refractivity contribution < 1.29 is 19.8 Å². The topological polar surface area (TPSA) is 168 Å². The molecule has 0 bridgehead atoms. The molecule has 0 aliphatic carbocycles. The van der Waals surface area contributed by atoms with Crippen molar-refractivity contribution in [2.75, 3.05) is 31.6 Å². The number of nitrogens with zero attached hydrogens (tertiary/aromatic N) is 5. The van der Waals surface area contributed by atoms with Crippen LogP contribution in [0.3, 0.4) is 0 Å². The highest BCUT2D eigenvalue weighted by molar-refractivity contribution is 8.00. The van der Waals surface area contributed by atoms with Crippen molar-refractivity contribution in [2.24, 2.45) is 5.73 Å². The fraction of sp³-hybridized carbons (Fsp3) is 0.400. The number of carbonyl (C=O) groups excluding carboxylic acids is 2. The third-order valence-electron chi connectivity index (χ3n) is 5.91. The Labute approximate surface area is 213 Å². The number of pyridine rings is 1. The molecule has 1 aromatic heterocycles. The number of anilines is 1. The van der Waals surface area contributed by atoms with E-state index in [0.29, 0.717) is 17.5 Å². The second-order valence-corrected chi connectivity index (χ2v) is 9.65. The van der Waals surface area contributed by atoms with E-state index in [-0.39, 0.29) is 53.9 Å². The molecule has 0 spiro atoms. The van der Waals surface area contributed by atoms with Gasteiger partial charge in [0.25, 0.3) is 0 Å². The van der Waals surface area contributed by atoms with Gasteiger partial charge in [-0.1, -0.05) is 49.0 Å². The van der Waals surface area contributed by atoms with Gasteiger partial charge in [0.2, 0.25) is 11.8 Å². The van der Waals surface area contributed by atoms with Crippen LogP contribution in [-0.2, 0) is 16.0 Å². The second kappa shape index (κ2) is 11.9. The molecule has 1 aliphatic heterocycles. The predicted molar refractivity (Wildman–Crippen MR) is 134 cm³/mol. The molecular weight excluding hydrogens is 480 g/mol. The third-order valence-corrected chi connectivity index (χ3v) is 7.17. The lowest BCUT2D eigenvalue weighted by atomic mass is 10.0. The van der Waals surface area contributed by atoms with Gasteiger partial charge in [0.1, 0.15) is 28.2 Å². The highest BCUT2D eigenvalue weighted by Gasteiger charge is 2.30. The standard InChI is InChI=1S/C25H28N6O4S/c1-3-18-19(10-26)24(30(2)14-21(34)31-12-16(32)9-17(33)13-31)29-25(20(18)11-27)36-22(23(28)35)15-7-5-4-6-8-15/h4-8,16-17,22,32-33H,3,9,12-14H2,1-2H3,(H2,28,35)/t16-,17+,22?. The number of carbonyl (C=O) groups is 2. The summed E-state index contributed by atoms with van der Waals surface area (Å²) < 4.78 is 0. The van der Waals surface area contributed by atoms with Gasteiger partial charge in [0, 0.05) is 26.6 Å². The number of piperidine rings is 1. The van der Waals surface area contributed by atoms with Crippen molar-refractivity contribution in [2.45, 2.75) is 42.2 Å². The van der Waals surface area contributed by atoms with Crippen molar-refractivity contribution in [3.63, 3.8) is 0 Å². The number of β-amino-alcohol motifs (C(OH)–C–C–N with tert-alkyl or cyclic N) is 2. The number of hydrogen-bond acceptors (Lipinski definition) is 9. The summed E-state index contributed by atoms with van der Waals surface area (Å²) in [5.74, 6) is -0.762. The van der Waals surface area contributed by atoms with Gasteiger partial charge in [-0.2, -0.15) is 10.5 Å². The number of nitrogens with two attached hydrogens (primary N) is 1. The highest BCUT2D eigenvalue weighted by atomic mass is 32.2. The van der Waals surface area contributed by atoms with Gasteiger partial charge in [-0.3, -0.25) is 9.59 Å². The molecule has 1 aromatic carbocycles. The van der Waals surface area contributed by atoms with E-state index in [0.717, 1.165) is 11.8 Å². The Bertz CT molecular complexity index is 1200. The largest absolute Gasteiger partial charge is 0.391 e. The van der Waals surface area contributed by atoms with Crippen LogP contribution in [0.5, 0.6) is 0 Å². The van der Waals surface area contributed by atoms with E-state index in [9.17, 15) is 30.3 Å². The molecule has 1 aliphatic rings. The monoisotopic (exact) mass is 508 g/mol. The number of primary amides is 1. The van der Waals surface area contributed by atoms with Crippen LogP contribution in [0.25, 0.3) is 0 Å². The van der Waals surface area contributed by atoms with E-state index in [4.69, 9.17) is 5.73 Å². The van der Waals surface area contributed by atoms with Crippen LogP contribution in [0, 0.1) is 22.7 Å². The molecule has 1 fully saturated rings. The Kier molecular flexibility index (Phi) is 8.88. The Balaban J connectivity index is 2.00. The number of amides is 2. The number of aromatic nitrogens is 1. The Hall–Kier alpha value is -3.64. The van der Waals surface area contributed by atoms with Gasteiger partial charge < -0.3 is 25.7 Å². The maximum absolute atomic E-state index is 12.9. The van der Waals surface area contributed by atoms with E-state index in [1.54, 1.807) is 38.2 Å². The molecule has 1 saturated heterocycles. The number of aliphatic hydroxyl groups is 2. The molecule has 3 rings (SSSR count). The average Bonchev–Trinajstić information content (AvgIpc) is 2.85. The molecule has 0 saturated carbocycles. The maximum Gasteiger partial charge on any atom is 0.242 e. The number of likely N-dealkylation sites (N-methyl/N-ethyl adjacent to an activating group) is 1. The van der Waals surface area contributed by atoms with Crippen molar-refractivity contribution >= 4 is 29.4 Å². The number of thioether (sulfide) groups is 1. The molecular formula is C25H28N6O4S. The first-order valence-corrected chi connectivity index (χ1v) is 12.3. The van der Waals surface area contributed by atoms with Crippen LogP contribution in [-0.4, -0.2) is 70.8 Å². The molecule has 4 N–H and O–H groups in total. The van der Waals surface area contributed by atoms with Gasteiger partial charge in [0.15, 0.2) is 0 Å². The first-order chi connectivity index (χ1) is 17.2. The molecule has 188 valence electrons. The van der Waals surface area contributed by atoms with Gasteiger partial charge in [-0.05, 0) is 17.5 Å². The minimum absolute atomic E-state index is 0.105. The van der Waals surface area contributed by atoms with Gasteiger partial charge in [0.05, 0.1) is 29.9 Å². The van der Waals surface area contributed by atoms with Crippen LogP contribution in [0.4, 0.5) is 5.82 Å². The smallest absolute Gasteiger partial charge is 0.242 e. The number of benzene rings is 1. The fourth-order valence-corrected chi connectivity index (χ4v) is 5.26. The summed E-state index contributed by atoms with van der Waals surface area (Å²) in [6, 6.07) is 13.1. The van der Waals surface area contributed by atoms with Crippen LogP contribution >= 0.6 is 11.8 Å². The quantitative estimate of drug-likeness (QED) is 0.442. The third kappa shape index (κ3) is 5.94. The van der Waals surface area contributed by atoms with Crippen molar-refractivity contribution in [3.05, 3.63) is 52.6 Å². The summed E-state index contributed by atoms with van der Waals surface area (Å²) in [6.07, 6.45) is -1.07. The Morgan fingerprint density at radius 3 is 2.33 bits per heavy atom. The fourth-order valence-electron chi connectivity index (χ4n) is 4.20. The molecule has 2 aromatic rings. The molecule has 1 unspecified atom stereocenters. The zero-order valence-corrected chi connectivity index (χ0v) is 20.9. The first kappa shape index (κ1) is 27.0. The maximum atomic E-state index is 12.9. The number of hydrogen-bond donors (Lipinski definition) is 3. The molecule has 10 nitrogen and oxygen atoms in total. The molecule has 3 atom stereocenters. The Morgan fingerprint density at radius 1 is 1.19 bits per heavy atom. The number of rotatable bonds is 8. The van der Waals surface area contributed by atoms with Crippen molar-refractivity contribution in [1.82, 2.24) is 9.88 Å². The summed E-state index contributed by atoms with van der Waals surface area (Å²) in [5.41, 5.74) is 7.15. The molecule has 2 amide bonds. The van der Waals surface area contributed by atoms with E-state index in [1.165, 1.54) is 9.80 Å². The normalized spacial score (nSPS) is 18.1. The summed E-state index contributed by atoms with van der Waals surface area (Å²) in [4.78, 5) is 32.7. The second-order valence-electron chi connectivity index (χ2n) is 8.56. The number of likely N-dealkylation sites (tertiary alicyclic amines) is 1. The number of nitriles is 2. The summed E-state index contributed by atoms with van der Waals surface area (Å²) >= 11 is 1.02. The lowest BCUT2D eigenvalue weighted by molar-refractivity contribution is -0.136. The van der Waals surface area contributed by atoms with Crippen molar-refractivity contribution in [3.8, 4) is 12.1 Å². The predicted octanol–water partition coefficient (Wildman–Crippen LogP) is 1.10. The summed E-state index contributed by atoms with van der Waals surface area (Å²) in [5, 5.41) is 39.1. The summed E-state index contributed by atoms with van der Waals surface area (Å²) in [6.45, 7) is 1.85. The lowest BCUT2D eigenvalue weighted by Crippen LogP contribution is -2.51. The minimum Gasteiger partial charge on any atom is -0.391 e. The minimum atomic E-state index is -0.820. The van der Waals surface area contributed by atoms with Gasteiger partial charge in [-0.25, -0.2) is 4.98 Å². The van der Waals surface area contributed by atoms with Crippen LogP contribution in [0.15, 0.2) is 35.4 Å². The van der Waals surface area contributed by atoms with E-state index in [2.05, 4.69) is 17.1 Å². The van der Waals surface area contributed by atoms with Crippen molar-refractivity contribution in [1.29, 1.82) is 10.5 Å². The van der Waals surface area contributed by atoms with Crippen LogP contribution < -0.4 is 10.6 Å². The Morgan fingerprint density at radius 2 is 1.81 bits per heavy atom. The van der Waals surface area contributed by atoms with Gasteiger partial charge in [-0.15, -0.1) is 0 Å². The van der Waals surface area contributed by atoms with Gasteiger partial charge >= 0.3 is 0 Å². The SMILES string of the molecule is CCc1c(C#N)c(SC(C(N)=O)c2ccccc2)nc(N(C)CC(=O)N2C[C@H](O)C[C@H](O)C2)c1C#N. The lowest BCUT2D eigenvalue weighted by Gasteiger charge is -2.34. The van der Waals surface area contributed by atoms with E-state index < -0.39 is 23.4 Å². The van der Waals surface area contributed by atoms with E-state index >= 15 is 0 Å². The van der Waals surface area contributed by atoms with Crippen LogP contribution in [0.2, 0.25) is 0 Å². The van der Waals surface area contributed by atoms with Crippen LogP contribution in [0.1, 0.15) is 40.8 Å². The zero-order chi connectivity index (χ0) is 26.4. The zero-order valence-electron chi connectivity index (χ0n) is 20.1. The highest BCUT2D eigenvalue weighted by Crippen LogP contribution is 2.39. The number of aliphatic hydroxyl groups excluding tert-OH is 2. The summed E-state index contributed by atoms with van der Waals surface area (Å²) in [7, 11) is 1.60.